The SMILES string of the molecule is CCCN(CCC)c1nc(N/N=C/c2cccc(C)c2)nc(OCCc2ccccn2)n1. The number of hydrazone groups is 1. The second kappa shape index (κ2) is 12.3. The lowest BCUT2D eigenvalue weighted by atomic mass is 10.2. The van der Waals surface area contributed by atoms with E-state index in [1.165, 1.54) is 5.56 Å². The number of nitrogens with one attached hydrogen (secondary N) is 1. The molecule has 3 rings (SSSR count). The number of nitrogens with zero attached hydrogens (tertiary/aromatic N) is 6. The van der Waals surface area contributed by atoms with Crippen LogP contribution in [0.5, 0.6) is 6.01 Å². The van der Waals surface area contributed by atoms with Gasteiger partial charge in [0.05, 0.1) is 12.8 Å². The minimum absolute atomic E-state index is 0.274. The molecule has 0 saturated carbocycles. The van der Waals surface area contributed by atoms with Crippen LogP contribution in [-0.4, -0.2) is 45.8 Å². The summed E-state index contributed by atoms with van der Waals surface area (Å²) in [6, 6.07) is 14.2. The Labute approximate surface area is 189 Å². The van der Waals surface area contributed by atoms with Crippen molar-refractivity contribution in [3.63, 3.8) is 0 Å². The maximum atomic E-state index is 5.86. The number of hydrogen-bond acceptors (Lipinski definition) is 8. The third-order valence-electron chi connectivity index (χ3n) is 4.61. The number of aryl methyl sites for hydroxylation is 1. The number of hydrogen-bond donors (Lipinski definition) is 1. The van der Waals surface area contributed by atoms with Crippen LogP contribution in [0.15, 0.2) is 53.8 Å². The van der Waals surface area contributed by atoms with E-state index in [0.717, 1.165) is 37.2 Å². The third kappa shape index (κ3) is 7.30. The zero-order chi connectivity index (χ0) is 22.6. The first-order valence-electron chi connectivity index (χ1n) is 11.1. The van der Waals surface area contributed by atoms with Gasteiger partial charge in [0, 0.05) is 31.4 Å². The molecule has 3 aromatic rings. The van der Waals surface area contributed by atoms with Crippen LogP contribution >= 0.6 is 0 Å². The first-order valence-corrected chi connectivity index (χ1v) is 11.1. The summed E-state index contributed by atoms with van der Waals surface area (Å²) >= 11 is 0. The first kappa shape index (κ1) is 23.1. The van der Waals surface area contributed by atoms with E-state index >= 15 is 0 Å². The Morgan fingerprint density at radius 3 is 2.59 bits per heavy atom. The van der Waals surface area contributed by atoms with Crippen LogP contribution in [-0.2, 0) is 6.42 Å². The van der Waals surface area contributed by atoms with Crippen molar-refractivity contribution < 1.29 is 4.74 Å². The summed E-state index contributed by atoms with van der Waals surface area (Å²) in [5, 5.41) is 4.30. The molecule has 0 unspecified atom stereocenters. The number of pyridine rings is 1. The molecule has 8 nitrogen and oxygen atoms in total. The van der Waals surface area contributed by atoms with E-state index in [2.05, 4.69) is 55.3 Å². The van der Waals surface area contributed by atoms with Crippen molar-refractivity contribution in [3.05, 3.63) is 65.5 Å². The maximum absolute atomic E-state index is 5.86. The minimum atomic E-state index is 0.274. The number of rotatable bonds is 12. The smallest absolute Gasteiger partial charge is 0.323 e. The lowest BCUT2D eigenvalue weighted by Crippen LogP contribution is -2.27. The predicted octanol–water partition coefficient (Wildman–Crippen LogP) is 4.27. The van der Waals surface area contributed by atoms with E-state index in [0.29, 0.717) is 24.9 Å². The molecule has 1 N–H and O–H groups in total. The van der Waals surface area contributed by atoms with Gasteiger partial charge in [0.25, 0.3) is 5.95 Å². The number of anilines is 2. The van der Waals surface area contributed by atoms with Crippen molar-refractivity contribution >= 4 is 18.1 Å². The Morgan fingerprint density at radius 2 is 1.88 bits per heavy atom. The fraction of sp³-hybridized carbons (Fsp3) is 0.375. The molecule has 0 aliphatic heterocycles. The number of ether oxygens (including phenoxy) is 1. The topological polar surface area (TPSA) is 88.4 Å². The quantitative estimate of drug-likeness (QED) is 0.337. The Hall–Kier alpha value is -3.55. The molecule has 0 atom stereocenters. The monoisotopic (exact) mass is 433 g/mol. The summed E-state index contributed by atoms with van der Waals surface area (Å²) in [5.74, 6) is 0.939. The van der Waals surface area contributed by atoms with Gasteiger partial charge < -0.3 is 9.64 Å². The summed E-state index contributed by atoms with van der Waals surface area (Å²) < 4.78 is 5.86. The van der Waals surface area contributed by atoms with Gasteiger partial charge in [-0.1, -0.05) is 49.7 Å². The van der Waals surface area contributed by atoms with E-state index in [1.807, 2.05) is 43.3 Å². The Morgan fingerprint density at radius 1 is 1.03 bits per heavy atom. The largest absolute Gasteiger partial charge is 0.463 e. The van der Waals surface area contributed by atoms with E-state index in [4.69, 9.17) is 4.74 Å². The van der Waals surface area contributed by atoms with Gasteiger partial charge in [0.15, 0.2) is 0 Å². The van der Waals surface area contributed by atoms with E-state index < -0.39 is 0 Å². The lowest BCUT2D eigenvalue weighted by Gasteiger charge is -2.21. The third-order valence-corrected chi connectivity index (χ3v) is 4.61. The van der Waals surface area contributed by atoms with Gasteiger partial charge in [-0.2, -0.15) is 20.1 Å². The summed E-state index contributed by atoms with van der Waals surface area (Å²) in [6.45, 7) is 8.47. The van der Waals surface area contributed by atoms with Crippen LogP contribution in [0.1, 0.15) is 43.5 Å². The van der Waals surface area contributed by atoms with E-state index in [9.17, 15) is 0 Å². The molecule has 0 aliphatic carbocycles. The predicted molar refractivity (Wildman–Crippen MR) is 128 cm³/mol. The van der Waals surface area contributed by atoms with Crippen molar-refractivity contribution in [2.75, 3.05) is 30.0 Å². The molecular formula is C24H31N7O. The molecule has 0 fully saturated rings. The second-order valence-corrected chi connectivity index (χ2v) is 7.43. The molecule has 0 radical (unpaired) electrons. The van der Waals surface area contributed by atoms with Crippen molar-refractivity contribution in [1.29, 1.82) is 0 Å². The Balaban J connectivity index is 1.75. The molecule has 2 aromatic heterocycles. The van der Waals surface area contributed by atoms with Crippen LogP contribution in [0.4, 0.5) is 11.9 Å². The maximum Gasteiger partial charge on any atom is 0.323 e. The van der Waals surface area contributed by atoms with Crippen LogP contribution in [0.3, 0.4) is 0 Å². The molecule has 0 saturated heterocycles. The van der Waals surface area contributed by atoms with E-state index in [-0.39, 0.29) is 6.01 Å². The van der Waals surface area contributed by atoms with Crippen molar-refractivity contribution in [1.82, 2.24) is 19.9 Å². The highest BCUT2D eigenvalue weighted by Crippen LogP contribution is 2.16. The highest BCUT2D eigenvalue weighted by Gasteiger charge is 2.13. The van der Waals surface area contributed by atoms with Crippen LogP contribution in [0, 0.1) is 6.92 Å². The minimum Gasteiger partial charge on any atom is -0.463 e. The summed E-state index contributed by atoms with van der Waals surface area (Å²) in [7, 11) is 0. The number of aromatic nitrogens is 4. The lowest BCUT2D eigenvalue weighted by molar-refractivity contribution is 0.294. The van der Waals surface area contributed by atoms with Gasteiger partial charge >= 0.3 is 6.01 Å². The van der Waals surface area contributed by atoms with Crippen LogP contribution in [0.25, 0.3) is 0 Å². The molecule has 0 amide bonds. The summed E-state index contributed by atoms with van der Waals surface area (Å²) in [6.07, 6.45) is 6.18. The normalized spacial score (nSPS) is 11.0. The zero-order valence-corrected chi connectivity index (χ0v) is 19.0. The van der Waals surface area contributed by atoms with Gasteiger partial charge in [0.2, 0.25) is 5.95 Å². The average molecular weight is 434 g/mol. The standard InChI is InChI=1S/C24H31N7O/c1-4-14-31(15-5-2)23-27-22(30-26-18-20-10-8-9-19(3)17-20)28-24(29-23)32-16-12-21-11-6-7-13-25-21/h6-11,13,17-18H,4-5,12,14-16H2,1-3H3,(H,27,28,29,30)/b26-18+. The van der Waals surface area contributed by atoms with Gasteiger partial charge in [0.1, 0.15) is 0 Å². The molecule has 32 heavy (non-hydrogen) atoms. The molecule has 0 spiro atoms. The van der Waals surface area contributed by atoms with Gasteiger partial charge in [-0.05, 0) is 37.5 Å². The van der Waals surface area contributed by atoms with Gasteiger partial charge in [-0.25, -0.2) is 5.43 Å². The molecule has 0 bridgehead atoms. The van der Waals surface area contributed by atoms with Gasteiger partial charge in [-0.3, -0.25) is 4.98 Å². The highest BCUT2D eigenvalue weighted by molar-refractivity contribution is 5.80. The molecule has 0 aliphatic rings. The van der Waals surface area contributed by atoms with Crippen molar-refractivity contribution in [2.45, 2.75) is 40.0 Å². The molecule has 1 aromatic carbocycles. The Bertz CT molecular complexity index is 989. The highest BCUT2D eigenvalue weighted by atomic mass is 16.5. The van der Waals surface area contributed by atoms with Crippen molar-refractivity contribution in [3.8, 4) is 6.01 Å². The summed E-state index contributed by atoms with van der Waals surface area (Å²) in [5.41, 5.74) is 6.06. The average Bonchev–Trinajstić information content (AvgIpc) is 2.80. The zero-order valence-electron chi connectivity index (χ0n) is 19.0. The van der Waals surface area contributed by atoms with E-state index in [1.54, 1.807) is 12.4 Å². The first-order chi connectivity index (χ1) is 15.7. The molecular weight excluding hydrogens is 402 g/mol. The molecule has 168 valence electrons. The van der Waals surface area contributed by atoms with Crippen molar-refractivity contribution in [2.24, 2.45) is 5.10 Å². The molecule has 8 heteroatoms. The summed E-state index contributed by atoms with van der Waals surface area (Å²) in [4.78, 5) is 20.0. The van der Waals surface area contributed by atoms with Gasteiger partial charge in [-0.15, -0.1) is 0 Å². The second-order valence-electron chi connectivity index (χ2n) is 7.43. The fourth-order valence-electron chi connectivity index (χ4n) is 3.16. The molecule has 2 heterocycles. The van der Waals surface area contributed by atoms with Crippen LogP contribution in [0.2, 0.25) is 0 Å². The number of benzene rings is 1. The Kier molecular flexibility index (Phi) is 8.92. The fourth-order valence-corrected chi connectivity index (χ4v) is 3.16. The van der Waals surface area contributed by atoms with Crippen LogP contribution < -0.4 is 15.1 Å².